The van der Waals surface area contributed by atoms with E-state index in [0.29, 0.717) is 0 Å². The average Bonchev–Trinajstić information content (AvgIpc) is 2.44. The predicted octanol–water partition coefficient (Wildman–Crippen LogP) is 1.79. The minimum Gasteiger partial charge on any atom is -0.494 e. The van der Waals surface area contributed by atoms with E-state index in [4.69, 9.17) is 0 Å². The van der Waals surface area contributed by atoms with Crippen LogP contribution in [0.2, 0.25) is 0 Å². The largest absolute Gasteiger partial charge is 0.494 e. The van der Waals surface area contributed by atoms with Gasteiger partial charge in [0.05, 0.1) is 6.04 Å². The molecule has 4 saturated carbocycles. The molecular weight excluding hydrogens is 294 g/mol. The highest BCUT2D eigenvalue weighted by atomic mass is 16.3. The third kappa shape index (κ3) is 2.44. The zero-order valence-electron chi connectivity index (χ0n) is 13.3. The maximum atomic E-state index is 11.8. The Labute approximate surface area is 134 Å². The van der Waals surface area contributed by atoms with Crippen LogP contribution in [0.5, 0.6) is 5.88 Å². The fraction of sp³-hybridized carbons (Fsp3) is 0.706. The predicted molar refractivity (Wildman–Crippen MR) is 87.0 cm³/mol. The molecule has 4 fully saturated rings. The lowest BCUT2D eigenvalue weighted by Gasteiger charge is -2.58. The molecule has 4 aliphatic carbocycles. The molecule has 1 atom stereocenters. The lowest BCUT2D eigenvalue weighted by Crippen LogP contribution is -2.50. The molecule has 4 aliphatic rings. The van der Waals surface area contributed by atoms with Crippen LogP contribution in [0.15, 0.2) is 14.6 Å². The number of hydrogen-bond acceptors (Lipinski definition) is 4. The van der Waals surface area contributed by atoms with Crippen LogP contribution in [0.25, 0.3) is 0 Å². The summed E-state index contributed by atoms with van der Waals surface area (Å²) in [6, 6.07) is 0.127. The van der Waals surface area contributed by atoms with Crippen molar-refractivity contribution >= 4 is 6.21 Å². The molecule has 0 aromatic carbocycles. The third-order valence-corrected chi connectivity index (χ3v) is 6.36. The molecule has 0 spiro atoms. The lowest BCUT2D eigenvalue weighted by molar-refractivity contribution is -0.0632. The molecule has 124 valence electrons. The first-order valence-corrected chi connectivity index (χ1v) is 8.54. The smallest absolute Gasteiger partial charge is 0.328 e. The lowest BCUT2D eigenvalue weighted by atomic mass is 9.48. The summed E-state index contributed by atoms with van der Waals surface area (Å²) in [6.45, 7) is 2.13. The van der Waals surface area contributed by atoms with Crippen LogP contribution < -0.4 is 11.2 Å². The summed E-state index contributed by atoms with van der Waals surface area (Å²) in [5.74, 6) is 2.14. The van der Waals surface area contributed by atoms with E-state index in [-0.39, 0.29) is 17.0 Å². The van der Waals surface area contributed by atoms with Gasteiger partial charge in [-0.1, -0.05) is 0 Å². The van der Waals surface area contributed by atoms with Crippen molar-refractivity contribution in [2.75, 3.05) is 0 Å². The maximum Gasteiger partial charge on any atom is 0.328 e. The van der Waals surface area contributed by atoms with Crippen LogP contribution in [0.1, 0.15) is 51.0 Å². The van der Waals surface area contributed by atoms with Gasteiger partial charge in [0.25, 0.3) is 5.56 Å². The normalized spacial score (nSPS) is 36.7. The highest BCUT2D eigenvalue weighted by molar-refractivity contribution is 5.81. The van der Waals surface area contributed by atoms with E-state index < -0.39 is 17.1 Å². The van der Waals surface area contributed by atoms with Crippen LogP contribution in [-0.2, 0) is 0 Å². The summed E-state index contributed by atoms with van der Waals surface area (Å²) in [5.41, 5.74) is -1.02. The first kappa shape index (κ1) is 14.7. The first-order chi connectivity index (χ1) is 10.9. The van der Waals surface area contributed by atoms with Gasteiger partial charge >= 0.3 is 5.69 Å². The second-order valence-electron chi connectivity index (χ2n) is 7.90. The topological polar surface area (TPSA) is 98.3 Å². The molecule has 23 heavy (non-hydrogen) atoms. The SMILES string of the molecule is C[C@@H](N=Cc1c(O)[nH]c(=O)[nH]c1=O)C12CC3CC(CC(C3)C1)C2. The van der Waals surface area contributed by atoms with Gasteiger partial charge in [-0.2, -0.15) is 0 Å². The van der Waals surface area contributed by atoms with E-state index in [0.717, 1.165) is 17.8 Å². The number of aliphatic imine (C=N–C) groups is 1. The third-order valence-electron chi connectivity index (χ3n) is 6.36. The Morgan fingerprint density at radius 3 is 2.22 bits per heavy atom. The molecule has 0 unspecified atom stereocenters. The van der Waals surface area contributed by atoms with Crippen molar-refractivity contribution in [2.24, 2.45) is 28.2 Å². The summed E-state index contributed by atoms with van der Waals surface area (Å²) in [4.78, 5) is 31.8. The van der Waals surface area contributed by atoms with Crippen molar-refractivity contribution in [3.63, 3.8) is 0 Å². The van der Waals surface area contributed by atoms with Crippen LogP contribution in [0.3, 0.4) is 0 Å². The second-order valence-corrected chi connectivity index (χ2v) is 7.90. The molecule has 1 aromatic rings. The number of aromatic nitrogens is 2. The summed E-state index contributed by atoms with van der Waals surface area (Å²) in [5, 5.41) is 9.75. The maximum absolute atomic E-state index is 11.8. The molecule has 1 aromatic heterocycles. The zero-order valence-corrected chi connectivity index (χ0v) is 13.3. The van der Waals surface area contributed by atoms with E-state index in [1.165, 1.54) is 44.7 Å². The van der Waals surface area contributed by atoms with Gasteiger partial charge in [0.15, 0.2) is 0 Å². The average molecular weight is 317 g/mol. The van der Waals surface area contributed by atoms with Gasteiger partial charge in [0.2, 0.25) is 5.88 Å². The van der Waals surface area contributed by atoms with Crippen molar-refractivity contribution in [2.45, 2.75) is 51.5 Å². The van der Waals surface area contributed by atoms with Crippen molar-refractivity contribution in [3.8, 4) is 5.88 Å². The van der Waals surface area contributed by atoms with Gasteiger partial charge in [0, 0.05) is 6.21 Å². The number of aromatic amines is 2. The Morgan fingerprint density at radius 1 is 1.13 bits per heavy atom. The van der Waals surface area contributed by atoms with Gasteiger partial charge in [-0.25, -0.2) is 4.79 Å². The minimum absolute atomic E-state index is 0.0289. The Balaban J connectivity index is 1.60. The first-order valence-electron chi connectivity index (χ1n) is 8.54. The molecule has 0 radical (unpaired) electrons. The Bertz CT molecular complexity index is 726. The highest BCUT2D eigenvalue weighted by Gasteiger charge is 2.53. The monoisotopic (exact) mass is 317 g/mol. The van der Waals surface area contributed by atoms with E-state index in [1.54, 1.807) is 0 Å². The standard InChI is InChI=1S/C17H23N3O3/c1-9(18-8-13-14(21)19-16(23)20-15(13)22)17-5-10-2-11(6-17)4-12(3-10)7-17/h8-12H,2-7H2,1H3,(H3,19,20,21,22,23)/t9-,10?,11?,12?,17?/m1/s1. The quantitative estimate of drug-likeness (QED) is 0.741. The molecule has 6 nitrogen and oxygen atoms in total. The highest BCUT2D eigenvalue weighted by Crippen LogP contribution is 2.61. The molecule has 4 bridgehead atoms. The van der Waals surface area contributed by atoms with Crippen molar-refractivity contribution in [1.29, 1.82) is 0 Å². The van der Waals surface area contributed by atoms with Crippen LogP contribution in [0.4, 0.5) is 0 Å². The van der Waals surface area contributed by atoms with Gasteiger partial charge in [0.1, 0.15) is 5.56 Å². The minimum atomic E-state index is -0.709. The molecule has 3 N–H and O–H groups in total. The van der Waals surface area contributed by atoms with Crippen molar-refractivity contribution in [1.82, 2.24) is 9.97 Å². The number of nitrogens with one attached hydrogen (secondary N) is 2. The summed E-state index contributed by atoms with van der Waals surface area (Å²) in [7, 11) is 0. The molecule has 0 amide bonds. The molecule has 0 aliphatic heterocycles. The molecule has 1 heterocycles. The Kier molecular flexibility index (Phi) is 3.25. The number of H-pyrrole nitrogens is 2. The fourth-order valence-corrected chi connectivity index (χ4v) is 5.64. The number of rotatable bonds is 3. The zero-order chi connectivity index (χ0) is 16.2. The number of nitrogens with zero attached hydrogens (tertiary/aromatic N) is 1. The molecule has 5 rings (SSSR count). The molecular formula is C17H23N3O3. The van der Waals surface area contributed by atoms with E-state index in [1.807, 2.05) is 0 Å². The van der Waals surface area contributed by atoms with E-state index in [9.17, 15) is 14.7 Å². The number of hydrogen-bond donors (Lipinski definition) is 3. The van der Waals surface area contributed by atoms with Gasteiger partial charge in [-0.3, -0.25) is 19.8 Å². The van der Waals surface area contributed by atoms with E-state index >= 15 is 0 Å². The summed E-state index contributed by atoms with van der Waals surface area (Å²) >= 11 is 0. The van der Waals surface area contributed by atoms with Crippen LogP contribution in [-0.4, -0.2) is 27.3 Å². The van der Waals surface area contributed by atoms with E-state index in [2.05, 4.69) is 21.9 Å². The molecule has 6 heteroatoms. The van der Waals surface area contributed by atoms with Crippen molar-refractivity contribution in [3.05, 3.63) is 26.4 Å². The van der Waals surface area contributed by atoms with Crippen LogP contribution in [0, 0.1) is 23.2 Å². The molecule has 0 saturated heterocycles. The summed E-state index contributed by atoms with van der Waals surface area (Å²) in [6.07, 6.45) is 9.30. The van der Waals surface area contributed by atoms with Gasteiger partial charge in [-0.15, -0.1) is 0 Å². The number of aromatic hydroxyl groups is 1. The van der Waals surface area contributed by atoms with Crippen molar-refractivity contribution < 1.29 is 5.11 Å². The fourth-order valence-electron chi connectivity index (χ4n) is 5.64. The van der Waals surface area contributed by atoms with Gasteiger partial charge in [-0.05, 0) is 68.6 Å². The Hall–Kier alpha value is -1.85. The van der Waals surface area contributed by atoms with Gasteiger partial charge < -0.3 is 5.11 Å². The van der Waals surface area contributed by atoms with Crippen LogP contribution >= 0.6 is 0 Å². The summed E-state index contributed by atoms with van der Waals surface area (Å²) < 4.78 is 0. The second kappa shape index (κ2) is 5.08. The Morgan fingerprint density at radius 2 is 1.70 bits per heavy atom.